The SMILES string of the molecule is CC(C)C1COC(=O)N1c1ccnc(NCc2ccc(S(C)(=O)=O)cc2)n1. The molecule has 2 aromatic rings. The second kappa shape index (κ2) is 7.51. The molecule has 1 aromatic heterocycles. The molecule has 1 N–H and O–H groups in total. The maximum atomic E-state index is 12.1. The van der Waals surface area contributed by atoms with Crippen molar-refractivity contribution in [2.24, 2.45) is 5.92 Å². The zero-order valence-corrected chi connectivity index (χ0v) is 16.2. The molecular formula is C18H22N4O4S. The summed E-state index contributed by atoms with van der Waals surface area (Å²) in [6.45, 7) is 4.82. The first-order chi connectivity index (χ1) is 12.8. The Bertz CT molecular complexity index is 929. The first-order valence-corrected chi connectivity index (χ1v) is 10.5. The van der Waals surface area contributed by atoms with E-state index in [0.717, 1.165) is 5.56 Å². The van der Waals surface area contributed by atoms with E-state index >= 15 is 0 Å². The van der Waals surface area contributed by atoms with Crippen LogP contribution in [-0.2, 0) is 21.1 Å². The zero-order chi connectivity index (χ0) is 19.6. The van der Waals surface area contributed by atoms with Crippen LogP contribution >= 0.6 is 0 Å². The summed E-state index contributed by atoms with van der Waals surface area (Å²) >= 11 is 0. The Morgan fingerprint density at radius 2 is 1.96 bits per heavy atom. The van der Waals surface area contributed by atoms with E-state index < -0.39 is 15.9 Å². The number of amides is 1. The lowest BCUT2D eigenvalue weighted by molar-refractivity contribution is 0.177. The summed E-state index contributed by atoms with van der Waals surface area (Å²) in [6.07, 6.45) is 2.35. The number of carbonyl (C=O) groups excluding carboxylic acids is 1. The molecule has 1 saturated heterocycles. The van der Waals surface area contributed by atoms with Gasteiger partial charge in [0.25, 0.3) is 0 Å². The van der Waals surface area contributed by atoms with Gasteiger partial charge >= 0.3 is 6.09 Å². The van der Waals surface area contributed by atoms with Gasteiger partial charge in [0, 0.05) is 19.0 Å². The van der Waals surface area contributed by atoms with Gasteiger partial charge in [-0.1, -0.05) is 26.0 Å². The van der Waals surface area contributed by atoms with Crippen LogP contribution in [0, 0.1) is 5.92 Å². The van der Waals surface area contributed by atoms with Crippen molar-refractivity contribution in [2.45, 2.75) is 31.3 Å². The molecule has 1 unspecified atom stereocenters. The summed E-state index contributed by atoms with van der Waals surface area (Å²) in [5.41, 5.74) is 0.886. The fourth-order valence-electron chi connectivity index (χ4n) is 2.79. The van der Waals surface area contributed by atoms with Crippen LogP contribution in [0.2, 0.25) is 0 Å². The van der Waals surface area contributed by atoms with Gasteiger partial charge in [0.15, 0.2) is 9.84 Å². The number of cyclic esters (lactones) is 1. The lowest BCUT2D eigenvalue weighted by atomic mass is 10.0. The van der Waals surface area contributed by atoms with E-state index in [9.17, 15) is 13.2 Å². The smallest absolute Gasteiger partial charge is 0.415 e. The first kappa shape index (κ1) is 19.1. The number of carbonyl (C=O) groups is 1. The Labute approximate surface area is 158 Å². The molecule has 1 aliphatic heterocycles. The minimum absolute atomic E-state index is 0.0659. The van der Waals surface area contributed by atoms with E-state index in [4.69, 9.17) is 4.74 Å². The monoisotopic (exact) mass is 390 g/mol. The van der Waals surface area contributed by atoms with Crippen LogP contribution < -0.4 is 10.2 Å². The normalized spacial score (nSPS) is 17.3. The lowest BCUT2D eigenvalue weighted by Gasteiger charge is -2.23. The number of hydrogen-bond acceptors (Lipinski definition) is 7. The molecule has 0 saturated carbocycles. The number of hydrogen-bond donors (Lipinski definition) is 1. The van der Waals surface area contributed by atoms with Gasteiger partial charge in [0.1, 0.15) is 12.4 Å². The molecule has 1 amide bonds. The molecule has 27 heavy (non-hydrogen) atoms. The number of anilines is 2. The maximum absolute atomic E-state index is 12.1. The molecule has 1 aromatic carbocycles. The number of benzene rings is 1. The molecule has 1 aliphatic rings. The summed E-state index contributed by atoms with van der Waals surface area (Å²) in [4.78, 5) is 22.5. The molecule has 3 rings (SSSR count). The van der Waals surface area contributed by atoms with Crippen LogP contribution in [0.4, 0.5) is 16.6 Å². The van der Waals surface area contributed by atoms with Crippen molar-refractivity contribution in [1.82, 2.24) is 9.97 Å². The molecular weight excluding hydrogens is 368 g/mol. The number of aromatic nitrogens is 2. The van der Waals surface area contributed by atoms with Crippen molar-refractivity contribution in [3.05, 3.63) is 42.1 Å². The lowest BCUT2D eigenvalue weighted by Crippen LogP contribution is -2.37. The Morgan fingerprint density at radius 1 is 1.26 bits per heavy atom. The highest BCUT2D eigenvalue weighted by Gasteiger charge is 2.37. The summed E-state index contributed by atoms with van der Waals surface area (Å²) in [6, 6.07) is 8.21. The van der Waals surface area contributed by atoms with Crippen molar-refractivity contribution in [2.75, 3.05) is 23.1 Å². The topological polar surface area (TPSA) is 101 Å². The molecule has 0 bridgehead atoms. The fourth-order valence-corrected chi connectivity index (χ4v) is 3.42. The fraction of sp³-hybridized carbons (Fsp3) is 0.389. The summed E-state index contributed by atoms with van der Waals surface area (Å²) in [5, 5.41) is 3.09. The van der Waals surface area contributed by atoms with Crippen molar-refractivity contribution < 1.29 is 17.9 Å². The van der Waals surface area contributed by atoms with Crippen molar-refractivity contribution in [3.8, 4) is 0 Å². The number of nitrogens with zero attached hydrogens (tertiary/aromatic N) is 3. The number of ether oxygens (including phenoxy) is 1. The predicted molar refractivity (Wildman–Crippen MR) is 101 cm³/mol. The highest BCUT2D eigenvalue weighted by molar-refractivity contribution is 7.90. The average Bonchev–Trinajstić information content (AvgIpc) is 3.02. The molecule has 144 valence electrons. The van der Waals surface area contributed by atoms with Crippen LogP contribution in [0.5, 0.6) is 0 Å². The number of rotatable bonds is 6. The zero-order valence-electron chi connectivity index (χ0n) is 15.4. The van der Waals surface area contributed by atoms with Crippen LogP contribution in [-0.4, -0.2) is 43.4 Å². The molecule has 0 radical (unpaired) electrons. The largest absolute Gasteiger partial charge is 0.447 e. The Kier molecular flexibility index (Phi) is 5.31. The third kappa shape index (κ3) is 4.36. The molecule has 8 nitrogen and oxygen atoms in total. The Hall–Kier alpha value is -2.68. The first-order valence-electron chi connectivity index (χ1n) is 8.57. The van der Waals surface area contributed by atoms with Crippen LogP contribution in [0.3, 0.4) is 0 Å². The standard InChI is InChI=1S/C18H22N4O4S/c1-12(2)15-11-26-18(23)22(15)16-8-9-19-17(21-16)20-10-13-4-6-14(7-5-13)27(3,24)25/h4-9,12,15H,10-11H2,1-3H3,(H,19,20,21). The van der Waals surface area contributed by atoms with Crippen LogP contribution in [0.1, 0.15) is 19.4 Å². The van der Waals surface area contributed by atoms with Gasteiger partial charge in [-0.3, -0.25) is 4.90 Å². The molecule has 1 atom stereocenters. The van der Waals surface area contributed by atoms with E-state index in [-0.39, 0.29) is 16.9 Å². The van der Waals surface area contributed by atoms with E-state index in [1.165, 1.54) is 6.26 Å². The molecule has 1 fully saturated rings. The second-order valence-corrected chi connectivity index (χ2v) is 8.78. The van der Waals surface area contributed by atoms with Crippen LogP contribution in [0.25, 0.3) is 0 Å². The minimum Gasteiger partial charge on any atom is -0.447 e. The maximum Gasteiger partial charge on any atom is 0.415 e. The van der Waals surface area contributed by atoms with Crippen molar-refractivity contribution >= 4 is 27.7 Å². The van der Waals surface area contributed by atoms with Gasteiger partial charge in [-0.15, -0.1) is 0 Å². The van der Waals surface area contributed by atoms with Gasteiger partial charge in [0.2, 0.25) is 5.95 Å². The van der Waals surface area contributed by atoms with E-state index in [1.807, 2.05) is 13.8 Å². The van der Waals surface area contributed by atoms with Gasteiger partial charge < -0.3 is 10.1 Å². The van der Waals surface area contributed by atoms with Gasteiger partial charge in [-0.2, -0.15) is 4.98 Å². The molecule has 2 heterocycles. The quantitative estimate of drug-likeness (QED) is 0.808. The minimum atomic E-state index is -3.21. The summed E-state index contributed by atoms with van der Waals surface area (Å²) in [7, 11) is -3.21. The van der Waals surface area contributed by atoms with Crippen molar-refractivity contribution in [3.63, 3.8) is 0 Å². The van der Waals surface area contributed by atoms with E-state index in [0.29, 0.717) is 24.9 Å². The second-order valence-electron chi connectivity index (χ2n) is 6.77. The highest BCUT2D eigenvalue weighted by Crippen LogP contribution is 2.25. The van der Waals surface area contributed by atoms with Gasteiger partial charge in [0.05, 0.1) is 10.9 Å². The molecule has 9 heteroatoms. The summed E-state index contributed by atoms with van der Waals surface area (Å²) in [5.74, 6) is 1.10. The van der Waals surface area contributed by atoms with E-state index in [1.54, 1.807) is 41.4 Å². The Morgan fingerprint density at radius 3 is 2.59 bits per heavy atom. The van der Waals surface area contributed by atoms with Gasteiger partial charge in [-0.25, -0.2) is 18.2 Å². The predicted octanol–water partition coefficient (Wildman–Crippen LogP) is 2.47. The molecule has 0 spiro atoms. The third-order valence-corrected chi connectivity index (χ3v) is 5.49. The highest BCUT2D eigenvalue weighted by atomic mass is 32.2. The van der Waals surface area contributed by atoms with Crippen LogP contribution in [0.15, 0.2) is 41.4 Å². The average molecular weight is 390 g/mol. The molecule has 0 aliphatic carbocycles. The number of sulfone groups is 1. The summed E-state index contributed by atoms with van der Waals surface area (Å²) < 4.78 is 28.2. The van der Waals surface area contributed by atoms with E-state index in [2.05, 4.69) is 15.3 Å². The Balaban J connectivity index is 1.72. The van der Waals surface area contributed by atoms with Crippen molar-refractivity contribution in [1.29, 1.82) is 0 Å². The number of nitrogens with one attached hydrogen (secondary N) is 1. The third-order valence-electron chi connectivity index (χ3n) is 4.37. The van der Waals surface area contributed by atoms with Gasteiger partial charge in [-0.05, 0) is 29.7 Å².